The Kier molecular flexibility index (Phi) is 5.31. The number of thiazole rings is 1. The van der Waals surface area contributed by atoms with E-state index in [1.54, 1.807) is 0 Å². The molecule has 1 aromatic heterocycles. The van der Waals surface area contributed by atoms with Crippen molar-refractivity contribution in [2.24, 2.45) is 5.41 Å². The SMILES string of the molecule is Cc1nc(Cc2ccccc2)sc1C(=O)NCC1(C)CCNCC1. The Hall–Kier alpha value is -1.72. The molecule has 5 heteroatoms. The summed E-state index contributed by atoms with van der Waals surface area (Å²) >= 11 is 1.51. The van der Waals surface area contributed by atoms with E-state index < -0.39 is 0 Å². The van der Waals surface area contributed by atoms with E-state index in [1.807, 2.05) is 25.1 Å². The van der Waals surface area contributed by atoms with Crippen LogP contribution < -0.4 is 10.6 Å². The lowest BCUT2D eigenvalue weighted by atomic mass is 9.81. The highest BCUT2D eigenvalue weighted by Crippen LogP contribution is 2.27. The van der Waals surface area contributed by atoms with E-state index in [4.69, 9.17) is 0 Å². The summed E-state index contributed by atoms with van der Waals surface area (Å²) in [4.78, 5) is 17.9. The third-order valence-corrected chi connectivity index (χ3v) is 5.89. The van der Waals surface area contributed by atoms with Gasteiger partial charge < -0.3 is 10.6 Å². The number of aryl methyl sites for hydroxylation is 1. The number of nitrogens with zero attached hydrogens (tertiary/aromatic N) is 1. The average molecular weight is 343 g/mol. The van der Waals surface area contributed by atoms with E-state index in [0.717, 1.165) is 54.5 Å². The molecule has 1 aliphatic heterocycles. The van der Waals surface area contributed by atoms with Crippen LogP contribution in [0.3, 0.4) is 0 Å². The molecule has 2 aromatic rings. The van der Waals surface area contributed by atoms with Gasteiger partial charge >= 0.3 is 0 Å². The van der Waals surface area contributed by atoms with Crippen LogP contribution >= 0.6 is 11.3 Å². The van der Waals surface area contributed by atoms with Crippen molar-refractivity contribution < 1.29 is 4.79 Å². The van der Waals surface area contributed by atoms with Gasteiger partial charge in [-0.05, 0) is 43.8 Å². The van der Waals surface area contributed by atoms with Gasteiger partial charge in [-0.2, -0.15) is 0 Å². The number of rotatable bonds is 5. The average Bonchev–Trinajstić information content (AvgIpc) is 2.95. The van der Waals surface area contributed by atoms with Gasteiger partial charge in [0.05, 0.1) is 10.7 Å². The van der Waals surface area contributed by atoms with Crippen LogP contribution in [0.4, 0.5) is 0 Å². The van der Waals surface area contributed by atoms with Gasteiger partial charge in [0.1, 0.15) is 4.88 Å². The van der Waals surface area contributed by atoms with Crippen molar-refractivity contribution in [3.05, 3.63) is 51.5 Å². The van der Waals surface area contributed by atoms with E-state index in [2.05, 4.69) is 34.7 Å². The molecule has 0 unspecified atom stereocenters. The van der Waals surface area contributed by atoms with Gasteiger partial charge in [-0.1, -0.05) is 37.3 Å². The molecule has 1 fully saturated rings. The number of hydrogen-bond acceptors (Lipinski definition) is 4. The van der Waals surface area contributed by atoms with Crippen molar-refractivity contribution >= 4 is 17.2 Å². The lowest BCUT2D eigenvalue weighted by Gasteiger charge is -2.34. The van der Waals surface area contributed by atoms with Crippen LogP contribution in [0.1, 0.15) is 45.7 Å². The van der Waals surface area contributed by atoms with E-state index in [1.165, 1.54) is 16.9 Å². The fourth-order valence-corrected chi connectivity index (χ4v) is 4.11. The van der Waals surface area contributed by atoms with Crippen molar-refractivity contribution in [1.29, 1.82) is 0 Å². The van der Waals surface area contributed by atoms with Gasteiger partial charge in [-0.25, -0.2) is 4.98 Å². The van der Waals surface area contributed by atoms with Crippen LogP contribution in [0.15, 0.2) is 30.3 Å². The van der Waals surface area contributed by atoms with Crippen LogP contribution in [0.5, 0.6) is 0 Å². The number of piperidine rings is 1. The predicted octanol–water partition coefficient (Wildman–Crippen LogP) is 3.16. The minimum absolute atomic E-state index is 0.0177. The first-order valence-electron chi connectivity index (χ1n) is 8.55. The van der Waals surface area contributed by atoms with E-state index in [9.17, 15) is 4.79 Å². The monoisotopic (exact) mass is 343 g/mol. The van der Waals surface area contributed by atoms with Crippen LogP contribution in [0.2, 0.25) is 0 Å². The van der Waals surface area contributed by atoms with E-state index in [0.29, 0.717) is 0 Å². The smallest absolute Gasteiger partial charge is 0.263 e. The van der Waals surface area contributed by atoms with E-state index >= 15 is 0 Å². The van der Waals surface area contributed by atoms with Crippen molar-refractivity contribution in [2.45, 2.75) is 33.1 Å². The van der Waals surface area contributed by atoms with Crippen molar-refractivity contribution in [3.8, 4) is 0 Å². The lowest BCUT2D eigenvalue weighted by molar-refractivity contribution is 0.0925. The maximum absolute atomic E-state index is 12.6. The summed E-state index contributed by atoms with van der Waals surface area (Å²) in [6.07, 6.45) is 2.99. The van der Waals surface area contributed by atoms with Gasteiger partial charge in [0.15, 0.2) is 0 Å². The van der Waals surface area contributed by atoms with Crippen LogP contribution in [-0.4, -0.2) is 30.5 Å². The summed E-state index contributed by atoms with van der Waals surface area (Å²) in [6, 6.07) is 10.3. The number of carbonyl (C=O) groups excluding carboxylic acids is 1. The molecule has 3 rings (SSSR count). The number of carbonyl (C=O) groups is 1. The first kappa shape index (κ1) is 17.1. The van der Waals surface area contributed by atoms with Crippen molar-refractivity contribution in [3.63, 3.8) is 0 Å². The zero-order chi connectivity index (χ0) is 17.0. The molecule has 4 nitrogen and oxygen atoms in total. The lowest BCUT2D eigenvalue weighted by Crippen LogP contribution is -2.42. The number of benzene rings is 1. The third-order valence-electron chi connectivity index (χ3n) is 4.73. The molecule has 1 saturated heterocycles. The molecule has 0 bridgehead atoms. The molecular formula is C19H25N3OS. The number of amides is 1. The first-order chi connectivity index (χ1) is 11.6. The Bertz CT molecular complexity index is 690. The Morgan fingerprint density at radius 3 is 2.71 bits per heavy atom. The highest BCUT2D eigenvalue weighted by Gasteiger charge is 2.27. The zero-order valence-corrected chi connectivity index (χ0v) is 15.2. The minimum Gasteiger partial charge on any atom is -0.351 e. The minimum atomic E-state index is 0.0177. The fourth-order valence-electron chi connectivity index (χ4n) is 3.09. The number of nitrogens with one attached hydrogen (secondary N) is 2. The second-order valence-corrected chi connectivity index (χ2v) is 8.01. The molecule has 24 heavy (non-hydrogen) atoms. The molecular weight excluding hydrogens is 318 g/mol. The Balaban J connectivity index is 1.62. The summed E-state index contributed by atoms with van der Waals surface area (Å²) in [5.74, 6) is 0.0177. The maximum Gasteiger partial charge on any atom is 0.263 e. The summed E-state index contributed by atoms with van der Waals surface area (Å²) in [5.41, 5.74) is 2.26. The first-order valence-corrected chi connectivity index (χ1v) is 9.37. The molecule has 1 aromatic carbocycles. The Morgan fingerprint density at radius 2 is 2.00 bits per heavy atom. The molecule has 2 heterocycles. The topological polar surface area (TPSA) is 54.0 Å². The highest BCUT2D eigenvalue weighted by atomic mass is 32.1. The van der Waals surface area contributed by atoms with Crippen molar-refractivity contribution in [1.82, 2.24) is 15.6 Å². The predicted molar refractivity (Wildman–Crippen MR) is 98.6 cm³/mol. The van der Waals surface area contributed by atoms with Crippen LogP contribution in [-0.2, 0) is 6.42 Å². The molecule has 0 atom stereocenters. The fraction of sp³-hybridized carbons (Fsp3) is 0.474. The zero-order valence-electron chi connectivity index (χ0n) is 14.4. The molecule has 1 amide bonds. The van der Waals surface area contributed by atoms with Gasteiger partial charge in [0.25, 0.3) is 5.91 Å². The van der Waals surface area contributed by atoms with E-state index in [-0.39, 0.29) is 11.3 Å². The third kappa shape index (κ3) is 4.22. The standard InChI is InChI=1S/C19H25N3OS/c1-14-17(18(23)21-13-19(2)8-10-20-11-9-19)24-16(22-14)12-15-6-4-3-5-7-15/h3-7,20H,8-13H2,1-2H3,(H,21,23). The van der Waals surface area contributed by atoms with Gasteiger partial charge in [0.2, 0.25) is 0 Å². The molecule has 2 N–H and O–H groups in total. The van der Waals surface area contributed by atoms with Crippen LogP contribution in [0, 0.1) is 12.3 Å². The Morgan fingerprint density at radius 1 is 1.29 bits per heavy atom. The van der Waals surface area contributed by atoms with Gasteiger partial charge in [-0.15, -0.1) is 11.3 Å². The largest absolute Gasteiger partial charge is 0.351 e. The number of hydrogen-bond donors (Lipinski definition) is 2. The quantitative estimate of drug-likeness (QED) is 0.877. The molecule has 0 aliphatic carbocycles. The molecule has 1 aliphatic rings. The second kappa shape index (κ2) is 7.45. The van der Waals surface area contributed by atoms with Crippen LogP contribution in [0.25, 0.3) is 0 Å². The molecule has 0 saturated carbocycles. The Labute approximate surface area is 147 Å². The summed E-state index contributed by atoms with van der Waals surface area (Å²) in [5, 5.41) is 7.50. The van der Waals surface area contributed by atoms with Crippen molar-refractivity contribution in [2.75, 3.05) is 19.6 Å². The summed E-state index contributed by atoms with van der Waals surface area (Å²) in [7, 11) is 0. The second-order valence-electron chi connectivity index (χ2n) is 6.93. The van der Waals surface area contributed by atoms with Gasteiger partial charge in [-0.3, -0.25) is 4.79 Å². The maximum atomic E-state index is 12.6. The molecule has 0 radical (unpaired) electrons. The van der Waals surface area contributed by atoms with Gasteiger partial charge in [0, 0.05) is 13.0 Å². The normalized spacial score (nSPS) is 16.8. The highest BCUT2D eigenvalue weighted by molar-refractivity contribution is 7.13. The number of aromatic nitrogens is 1. The summed E-state index contributed by atoms with van der Waals surface area (Å²) < 4.78 is 0. The summed E-state index contributed by atoms with van der Waals surface area (Å²) in [6.45, 7) is 6.99. The molecule has 128 valence electrons. The molecule has 0 spiro atoms.